The molecule has 0 unspecified atom stereocenters. The molecule has 0 radical (unpaired) electrons. The van der Waals surface area contributed by atoms with E-state index in [1.165, 1.54) is 24.8 Å². The number of hydrogen-bond donors (Lipinski definition) is 0. The molecular weight excluding hydrogens is 262 g/mol. The molecule has 0 bridgehead atoms. The first kappa shape index (κ1) is 14.0. The maximum atomic E-state index is 11.5. The van der Waals surface area contributed by atoms with E-state index in [0.29, 0.717) is 13.1 Å². The highest BCUT2D eigenvalue weighted by atomic mass is 16.6. The molecule has 0 aliphatic carbocycles. The van der Waals surface area contributed by atoms with Crippen molar-refractivity contribution >= 4 is 17.5 Å². The Hall–Kier alpha value is -2.44. The average molecular weight is 277 g/mol. The summed E-state index contributed by atoms with van der Waals surface area (Å²) in [5.41, 5.74) is 1.21. The van der Waals surface area contributed by atoms with Gasteiger partial charge in [0, 0.05) is 19.2 Å². The molecule has 2 rings (SSSR count). The maximum absolute atomic E-state index is 11.5. The van der Waals surface area contributed by atoms with Crippen LogP contribution in [-0.4, -0.2) is 36.1 Å². The maximum Gasteiger partial charge on any atom is 0.356 e. The minimum Gasteiger partial charge on any atom is -0.464 e. The summed E-state index contributed by atoms with van der Waals surface area (Å²) in [7, 11) is 1.25. The standard InChI is InChI=1S/C13H15N3O4/c1-9-5-7-15(8-6-9)12-11(16(18)19)4-3-10(14-12)13(17)20-2/h3-5H,6-8H2,1-2H3. The van der Waals surface area contributed by atoms with Crippen LogP contribution in [0, 0.1) is 10.1 Å². The van der Waals surface area contributed by atoms with Gasteiger partial charge in [0.1, 0.15) is 0 Å². The molecule has 1 aromatic heterocycles. The van der Waals surface area contributed by atoms with Crippen molar-refractivity contribution in [3.05, 3.63) is 39.6 Å². The lowest BCUT2D eigenvalue weighted by atomic mass is 10.1. The fourth-order valence-corrected chi connectivity index (χ4v) is 2.00. The summed E-state index contributed by atoms with van der Waals surface area (Å²) in [6, 6.07) is 2.60. The third-order valence-corrected chi connectivity index (χ3v) is 3.18. The van der Waals surface area contributed by atoms with E-state index in [2.05, 4.69) is 9.72 Å². The normalized spacial score (nSPS) is 14.7. The first-order chi connectivity index (χ1) is 9.52. The van der Waals surface area contributed by atoms with Gasteiger partial charge in [-0.15, -0.1) is 0 Å². The molecule has 0 saturated carbocycles. The Labute approximate surface area is 116 Å². The topological polar surface area (TPSA) is 85.6 Å². The lowest BCUT2D eigenvalue weighted by molar-refractivity contribution is -0.384. The second-order valence-electron chi connectivity index (χ2n) is 4.53. The van der Waals surface area contributed by atoms with Crippen LogP contribution in [0.25, 0.3) is 0 Å². The van der Waals surface area contributed by atoms with Gasteiger partial charge in [0.25, 0.3) is 0 Å². The van der Waals surface area contributed by atoms with Crippen LogP contribution < -0.4 is 4.90 Å². The number of carbonyl (C=O) groups excluding carboxylic acids is 1. The van der Waals surface area contributed by atoms with E-state index in [9.17, 15) is 14.9 Å². The van der Waals surface area contributed by atoms with E-state index in [1.54, 1.807) is 4.90 Å². The number of hydrogen-bond acceptors (Lipinski definition) is 6. The number of methoxy groups -OCH3 is 1. The Bertz CT molecular complexity index is 583. The van der Waals surface area contributed by atoms with Crippen LogP contribution in [0.5, 0.6) is 0 Å². The van der Waals surface area contributed by atoms with Crippen LogP contribution in [0.15, 0.2) is 23.8 Å². The summed E-state index contributed by atoms with van der Waals surface area (Å²) in [6.45, 7) is 3.20. The zero-order valence-electron chi connectivity index (χ0n) is 11.3. The Kier molecular flexibility index (Phi) is 3.97. The minimum atomic E-state index is -0.607. The highest BCUT2D eigenvalue weighted by Gasteiger charge is 2.24. The third-order valence-electron chi connectivity index (χ3n) is 3.18. The van der Waals surface area contributed by atoms with Crippen molar-refractivity contribution in [3.8, 4) is 0 Å². The monoisotopic (exact) mass is 277 g/mol. The van der Waals surface area contributed by atoms with E-state index in [-0.39, 0.29) is 17.2 Å². The van der Waals surface area contributed by atoms with Crippen molar-refractivity contribution in [3.63, 3.8) is 0 Å². The van der Waals surface area contributed by atoms with Crippen LogP contribution in [-0.2, 0) is 4.74 Å². The van der Waals surface area contributed by atoms with Gasteiger partial charge < -0.3 is 9.64 Å². The summed E-state index contributed by atoms with van der Waals surface area (Å²) in [6.07, 6.45) is 2.82. The second kappa shape index (κ2) is 5.68. The van der Waals surface area contributed by atoms with Gasteiger partial charge in [-0.2, -0.15) is 0 Å². The largest absolute Gasteiger partial charge is 0.464 e. The first-order valence-corrected chi connectivity index (χ1v) is 6.17. The molecule has 106 valence electrons. The highest BCUT2D eigenvalue weighted by molar-refractivity contribution is 5.88. The average Bonchev–Trinajstić information content (AvgIpc) is 2.46. The van der Waals surface area contributed by atoms with Crippen molar-refractivity contribution in [1.29, 1.82) is 0 Å². The fraction of sp³-hybridized carbons (Fsp3) is 0.385. The Morgan fingerprint density at radius 1 is 1.50 bits per heavy atom. The van der Waals surface area contributed by atoms with Gasteiger partial charge in [0.2, 0.25) is 5.82 Å². The van der Waals surface area contributed by atoms with Gasteiger partial charge >= 0.3 is 11.7 Å². The second-order valence-corrected chi connectivity index (χ2v) is 4.53. The van der Waals surface area contributed by atoms with Gasteiger partial charge in [-0.05, 0) is 19.4 Å². The van der Waals surface area contributed by atoms with Crippen molar-refractivity contribution in [1.82, 2.24) is 4.98 Å². The highest BCUT2D eigenvalue weighted by Crippen LogP contribution is 2.28. The van der Waals surface area contributed by atoms with Crippen molar-refractivity contribution in [2.45, 2.75) is 13.3 Å². The van der Waals surface area contributed by atoms with Crippen LogP contribution in [0.3, 0.4) is 0 Å². The quantitative estimate of drug-likeness (QED) is 0.363. The molecule has 0 saturated heterocycles. The number of pyridine rings is 1. The van der Waals surface area contributed by atoms with E-state index < -0.39 is 10.9 Å². The fourth-order valence-electron chi connectivity index (χ4n) is 2.00. The molecule has 0 amide bonds. The van der Waals surface area contributed by atoms with Crippen LogP contribution in [0.4, 0.5) is 11.5 Å². The molecule has 0 atom stereocenters. The Balaban J connectivity index is 2.42. The number of ether oxygens (including phenoxy) is 1. The van der Waals surface area contributed by atoms with Gasteiger partial charge in [0.05, 0.1) is 12.0 Å². The lowest BCUT2D eigenvalue weighted by Gasteiger charge is -2.26. The van der Waals surface area contributed by atoms with Crippen molar-refractivity contribution in [2.24, 2.45) is 0 Å². The summed E-state index contributed by atoms with van der Waals surface area (Å²) < 4.78 is 4.59. The zero-order valence-corrected chi connectivity index (χ0v) is 11.3. The van der Waals surface area contributed by atoms with Crippen LogP contribution in [0.2, 0.25) is 0 Å². The molecule has 7 nitrogen and oxygen atoms in total. The van der Waals surface area contributed by atoms with Gasteiger partial charge in [-0.25, -0.2) is 9.78 Å². The molecule has 20 heavy (non-hydrogen) atoms. The van der Waals surface area contributed by atoms with Gasteiger partial charge in [-0.3, -0.25) is 10.1 Å². The van der Waals surface area contributed by atoms with E-state index in [0.717, 1.165) is 6.42 Å². The number of anilines is 1. The number of rotatable bonds is 3. The number of carbonyl (C=O) groups is 1. The smallest absolute Gasteiger partial charge is 0.356 e. The zero-order chi connectivity index (χ0) is 14.7. The summed E-state index contributed by atoms with van der Waals surface area (Å²) in [5, 5.41) is 11.1. The number of esters is 1. The molecular formula is C13H15N3O4. The van der Waals surface area contributed by atoms with Gasteiger partial charge in [0.15, 0.2) is 5.69 Å². The predicted octanol–water partition coefficient (Wildman–Crippen LogP) is 1.93. The summed E-state index contributed by atoms with van der Waals surface area (Å²) >= 11 is 0. The number of nitrogens with zero attached hydrogens (tertiary/aromatic N) is 3. The van der Waals surface area contributed by atoms with Crippen LogP contribution in [0.1, 0.15) is 23.8 Å². The molecule has 1 aromatic rings. The molecule has 0 aromatic carbocycles. The summed E-state index contributed by atoms with van der Waals surface area (Å²) in [4.78, 5) is 28.0. The lowest BCUT2D eigenvalue weighted by Crippen LogP contribution is -2.30. The predicted molar refractivity (Wildman–Crippen MR) is 72.8 cm³/mol. The number of nitro groups is 1. The molecule has 0 spiro atoms. The van der Waals surface area contributed by atoms with E-state index >= 15 is 0 Å². The SMILES string of the molecule is COC(=O)c1ccc([N+](=O)[O-])c(N2CC=C(C)CC2)n1. The third kappa shape index (κ3) is 2.76. The molecule has 1 aliphatic heterocycles. The molecule has 7 heteroatoms. The van der Waals surface area contributed by atoms with Crippen molar-refractivity contribution < 1.29 is 14.5 Å². The Morgan fingerprint density at radius 2 is 2.25 bits per heavy atom. The van der Waals surface area contributed by atoms with E-state index in [4.69, 9.17) is 0 Å². The molecule has 0 N–H and O–H groups in total. The van der Waals surface area contributed by atoms with Crippen molar-refractivity contribution in [2.75, 3.05) is 25.1 Å². The molecule has 1 aliphatic rings. The molecule has 2 heterocycles. The Morgan fingerprint density at radius 3 is 2.80 bits per heavy atom. The summed E-state index contributed by atoms with van der Waals surface area (Å²) in [5.74, 6) is -0.397. The first-order valence-electron chi connectivity index (χ1n) is 6.17. The molecule has 0 fully saturated rings. The number of aromatic nitrogens is 1. The minimum absolute atomic E-state index is 0.0689. The van der Waals surface area contributed by atoms with Gasteiger partial charge in [-0.1, -0.05) is 11.6 Å². The van der Waals surface area contributed by atoms with Crippen LogP contribution >= 0.6 is 0 Å². The van der Waals surface area contributed by atoms with E-state index in [1.807, 2.05) is 13.0 Å².